The van der Waals surface area contributed by atoms with Crippen molar-refractivity contribution in [1.82, 2.24) is 9.88 Å². The minimum Gasteiger partial charge on any atom is -0.352 e. The number of fused-ring (bicyclic) bond motifs is 1. The van der Waals surface area contributed by atoms with Crippen LogP contribution in [0.1, 0.15) is 39.0 Å². The summed E-state index contributed by atoms with van der Waals surface area (Å²) in [6.07, 6.45) is 4.87. The zero-order valence-electron chi connectivity index (χ0n) is 16.2. The van der Waals surface area contributed by atoms with Gasteiger partial charge in [0.15, 0.2) is 14.6 Å². The second kappa shape index (κ2) is 9.17. The Morgan fingerprint density at radius 3 is 2.66 bits per heavy atom. The number of halogens is 1. The van der Waals surface area contributed by atoms with E-state index < -0.39 is 39.0 Å². The van der Waals surface area contributed by atoms with Gasteiger partial charge in [0.05, 0.1) is 10.2 Å². The smallest absolute Gasteiger partial charge is 0.263 e. The molecule has 0 radical (unpaired) electrons. The van der Waals surface area contributed by atoms with Crippen molar-refractivity contribution in [3.05, 3.63) is 28.8 Å². The third-order valence-corrected chi connectivity index (χ3v) is 7.28. The molecule has 0 spiro atoms. The van der Waals surface area contributed by atoms with E-state index in [0.717, 1.165) is 49.0 Å². The van der Waals surface area contributed by atoms with Crippen molar-refractivity contribution in [1.29, 1.82) is 0 Å². The number of hydrogen-bond donors (Lipinski definition) is 1. The van der Waals surface area contributed by atoms with E-state index in [4.69, 9.17) is 0 Å². The molecule has 0 bridgehead atoms. The first-order chi connectivity index (χ1) is 13.8. The first kappa shape index (κ1) is 21.6. The zero-order valence-corrected chi connectivity index (χ0v) is 17.8. The molecule has 0 atom stereocenters. The fourth-order valence-corrected chi connectivity index (χ4v) is 5.69. The van der Waals surface area contributed by atoms with Gasteiger partial charge in [-0.15, -0.1) is 0 Å². The summed E-state index contributed by atoms with van der Waals surface area (Å²) >= 11 is 1.12. The maximum atomic E-state index is 13.4. The second-order valence-electron chi connectivity index (χ2n) is 7.18. The van der Waals surface area contributed by atoms with E-state index in [1.165, 1.54) is 12.1 Å². The molecule has 29 heavy (non-hydrogen) atoms. The highest BCUT2D eigenvalue weighted by atomic mass is 32.2. The Morgan fingerprint density at radius 2 is 1.97 bits per heavy atom. The molecule has 0 saturated heterocycles. The number of nitrogens with one attached hydrogen (secondary N) is 1. The van der Waals surface area contributed by atoms with Crippen LogP contribution in [0.3, 0.4) is 0 Å². The summed E-state index contributed by atoms with van der Waals surface area (Å²) < 4.78 is 40.3. The van der Waals surface area contributed by atoms with Crippen LogP contribution in [0.2, 0.25) is 0 Å². The molecule has 158 valence electrons. The lowest BCUT2D eigenvalue weighted by atomic mass is 9.95. The molecule has 1 aliphatic rings. The molecule has 7 nitrogen and oxygen atoms in total. The van der Waals surface area contributed by atoms with E-state index in [9.17, 15) is 22.4 Å². The van der Waals surface area contributed by atoms with Crippen molar-refractivity contribution in [2.24, 2.45) is 4.99 Å². The van der Waals surface area contributed by atoms with Crippen LogP contribution in [-0.2, 0) is 26.0 Å². The van der Waals surface area contributed by atoms with E-state index in [-0.39, 0.29) is 6.04 Å². The van der Waals surface area contributed by atoms with Crippen LogP contribution in [0.25, 0.3) is 10.2 Å². The topological polar surface area (TPSA) is 97.6 Å². The summed E-state index contributed by atoms with van der Waals surface area (Å²) in [7, 11) is -3.93. The van der Waals surface area contributed by atoms with Gasteiger partial charge < -0.3 is 9.88 Å². The van der Waals surface area contributed by atoms with Gasteiger partial charge in [-0.1, -0.05) is 30.6 Å². The molecule has 0 aliphatic heterocycles. The fourth-order valence-electron chi connectivity index (χ4n) is 3.53. The summed E-state index contributed by atoms with van der Waals surface area (Å²) in [6.45, 7) is 2.35. The Bertz CT molecular complexity index is 1080. The number of sulfone groups is 1. The first-order valence-electron chi connectivity index (χ1n) is 9.63. The van der Waals surface area contributed by atoms with Gasteiger partial charge in [0.25, 0.3) is 5.91 Å². The maximum absolute atomic E-state index is 13.4. The number of amides is 2. The van der Waals surface area contributed by atoms with Crippen molar-refractivity contribution in [3.8, 4) is 0 Å². The predicted octanol–water partition coefficient (Wildman–Crippen LogP) is 2.15. The minimum atomic E-state index is -3.93. The van der Waals surface area contributed by atoms with Gasteiger partial charge in [0, 0.05) is 12.6 Å². The number of rotatable bonds is 6. The molecule has 1 fully saturated rings. The lowest BCUT2D eigenvalue weighted by molar-refractivity contribution is -0.119. The van der Waals surface area contributed by atoms with Crippen LogP contribution >= 0.6 is 11.3 Å². The Hall–Kier alpha value is -2.07. The van der Waals surface area contributed by atoms with Crippen LogP contribution in [0, 0.1) is 5.82 Å². The van der Waals surface area contributed by atoms with Crippen molar-refractivity contribution in [3.63, 3.8) is 0 Å². The van der Waals surface area contributed by atoms with Crippen molar-refractivity contribution >= 4 is 43.2 Å². The molecule has 2 amide bonds. The molecule has 1 aromatic heterocycles. The standard InChI is InChI=1S/C19H24FN3O4S2/c1-2-23-15-9-8-13(20)10-16(15)28-19(23)22-18(25)12-29(26,27)11-17(24)21-14-6-4-3-5-7-14/h8-10,14H,2-7,11-12H2,1H3,(H,21,24). The number of hydrogen-bond acceptors (Lipinski definition) is 5. The summed E-state index contributed by atoms with van der Waals surface area (Å²) in [4.78, 5) is 28.5. The van der Waals surface area contributed by atoms with Crippen molar-refractivity contribution < 1.29 is 22.4 Å². The molecule has 0 unspecified atom stereocenters. The summed E-state index contributed by atoms with van der Waals surface area (Å²) in [5, 5.41) is 2.74. The predicted molar refractivity (Wildman–Crippen MR) is 110 cm³/mol. The largest absolute Gasteiger partial charge is 0.352 e. The molecule has 1 aliphatic carbocycles. The number of benzene rings is 1. The van der Waals surface area contributed by atoms with Gasteiger partial charge in [-0.05, 0) is 38.0 Å². The van der Waals surface area contributed by atoms with Crippen LogP contribution in [-0.4, -0.2) is 42.3 Å². The van der Waals surface area contributed by atoms with Gasteiger partial charge in [-0.3, -0.25) is 9.59 Å². The Morgan fingerprint density at radius 1 is 1.24 bits per heavy atom. The van der Waals surface area contributed by atoms with E-state index >= 15 is 0 Å². The SMILES string of the molecule is CCn1c(=NC(=O)CS(=O)(=O)CC(=O)NC2CCCCC2)sc2cc(F)ccc21. The Balaban J connectivity index is 1.70. The highest BCUT2D eigenvalue weighted by Gasteiger charge is 2.23. The second-order valence-corrected chi connectivity index (χ2v) is 10.3. The molecule has 3 rings (SSSR count). The van der Waals surface area contributed by atoms with E-state index in [1.807, 2.05) is 6.92 Å². The average Bonchev–Trinajstić information content (AvgIpc) is 2.96. The quantitative estimate of drug-likeness (QED) is 0.743. The van der Waals surface area contributed by atoms with Crippen molar-refractivity contribution in [2.75, 3.05) is 11.5 Å². The first-order valence-corrected chi connectivity index (χ1v) is 12.3. The molecule has 1 N–H and O–H groups in total. The summed E-state index contributed by atoms with van der Waals surface area (Å²) in [5.41, 5.74) is 0.722. The lowest BCUT2D eigenvalue weighted by Gasteiger charge is -2.22. The molecule has 2 aromatic rings. The Labute approximate surface area is 172 Å². The van der Waals surface area contributed by atoms with Crippen LogP contribution in [0.5, 0.6) is 0 Å². The van der Waals surface area contributed by atoms with Crippen LogP contribution < -0.4 is 10.1 Å². The van der Waals surface area contributed by atoms with E-state index in [1.54, 1.807) is 10.6 Å². The maximum Gasteiger partial charge on any atom is 0.263 e. The normalized spacial score (nSPS) is 16.3. The molecule has 1 heterocycles. The van der Waals surface area contributed by atoms with Gasteiger partial charge in [-0.25, -0.2) is 12.8 Å². The number of aryl methyl sites for hydroxylation is 1. The highest BCUT2D eigenvalue weighted by Crippen LogP contribution is 2.19. The fraction of sp³-hybridized carbons (Fsp3) is 0.526. The highest BCUT2D eigenvalue weighted by molar-refractivity contribution is 7.92. The minimum absolute atomic E-state index is 0.00861. The third-order valence-electron chi connectivity index (χ3n) is 4.85. The number of carbonyl (C=O) groups excluding carboxylic acids is 2. The molecular weight excluding hydrogens is 417 g/mol. The van der Waals surface area contributed by atoms with E-state index in [0.29, 0.717) is 16.0 Å². The monoisotopic (exact) mass is 441 g/mol. The van der Waals surface area contributed by atoms with Gasteiger partial charge >= 0.3 is 0 Å². The number of carbonyl (C=O) groups is 2. The summed E-state index contributed by atoms with van der Waals surface area (Å²) in [6, 6.07) is 4.28. The van der Waals surface area contributed by atoms with Crippen LogP contribution in [0.15, 0.2) is 23.2 Å². The number of aromatic nitrogens is 1. The summed E-state index contributed by atoms with van der Waals surface area (Å²) in [5.74, 6) is -3.38. The van der Waals surface area contributed by atoms with Crippen LogP contribution in [0.4, 0.5) is 4.39 Å². The van der Waals surface area contributed by atoms with Gasteiger partial charge in [0.1, 0.15) is 17.3 Å². The third kappa shape index (κ3) is 5.72. The molecule has 1 aromatic carbocycles. The zero-order chi connectivity index (χ0) is 21.0. The lowest BCUT2D eigenvalue weighted by Crippen LogP contribution is -2.40. The molecule has 10 heteroatoms. The van der Waals surface area contributed by atoms with Gasteiger partial charge in [-0.2, -0.15) is 4.99 Å². The average molecular weight is 442 g/mol. The Kier molecular flexibility index (Phi) is 6.84. The molecule has 1 saturated carbocycles. The van der Waals surface area contributed by atoms with Crippen molar-refractivity contribution in [2.45, 2.75) is 51.6 Å². The molecular formula is C19H24FN3O4S2. The number of thiazole rings is 1. The van der Waals surface area contributed by atoms with E-state index in [2.05, 4.69) is 10.3 Å². The van der Waals surface area contributed by atoms with Gasteiger partial charge in [0.2, 0.25) is 5.91 Å². The number of nitrogens with zero attached hydrogens (tertiary/aromatic N) is 2.